The first-order valence-corrected chi connectivity index (χ1v) is 10.1. The van der Waals surface area contributed by atoms with E-state index in [0.29, 0.717) is 23.6 Å². The smallest absolute Gasteiger partial charge is 0.261 e. The molecule has 0 aliphatic carbocycles. The third-order valence-corrected chi connectivity index (χ3v) is 5.32. The van der Waals surface area contributed by atoms with Gasteiger partial charge in [0.25, 0.3) is 11.8 Å². The highest BCUT2D eigenvalue weighted by molar-refractivity contribution is 6.21. The minimum absolute atomic E-state index is 0.179. The van der Waals surface area contributed by atoms with Crippen molar-refractivity contribution >= 4 is 17.8 Å². The zero-order valence-electron chi connectivity index (χ0n) is 16.8. The molecule has 28 heavy (non-hydrogen) atoms. The van der Waals surface area contributed by atoms with Crippen LogP contribution in [0.3, 0.4) is 0 Å². The molecular weight excluding hydrogens is 356 g/mol. The average Bonchev–Trinajstić information content (AvgIpc) is 3.28. The van der Waals surface area contributed by atoms with Gasteiger partial charge in [0.2, 0.25) is 0 Å². The minimum atomic E-state index is -0.179. The number of carbonyl (C=O) groups is 2. The van der Waals surface area contributed by atoms with Gasteiger partial charge in [0.05, 0.1) is 17.7 Å². The first-order chi connectivity index (χ1) is 13.7. The molecule has 7 nitrogen and oxygen atoms in total. The Morgan fingerprint density at radius 2 is 1.93 bits per heavy atom. The van der Waals surface area contributed by atoms with Crippen molar-refractivity contribution in [1.29, 1.82) is 0 Å². The van der Waals surface area contributed by atoms with Crippen LogP contribution in [0.4, 0.5) is 0 Å². The average molecular weight is 386 g/mol. The number of guanidine groups is 1. The Labute approximate surface area is 166 Å². The molecule has 0 bridgehead atoms. The van der Waals surface area contributed by atoms with Crippen LogP contribution in [0.15, 0.2) is 29.3 Å². The van der Waals surface area contributed by atoms with Crippen LogP contribution in [-0.4, -0.2) is 74.0 Å². The molecule has 2 aliphatic heterocycles. The van der Waals surface area contributed by atoms with E-state index < -0.39 is 0 Å². The number of carbonyl (C=O) groups excluding carboxylic acids is 2. The van der Waals surface area contributed by atoms with Gasteiger partial charge < -0.3 is 15.0 Å². The molecule has 7 heteroatoms. The minimum Gasteiger partial charge on any atom is -0.381 e. The second kappa shape index (κ2) is 9.68. The summed E-state index contributed by atoms with van der Waals surface area (Å²) in [5.74, 6) is 1.12. The van der Waals surface area contributed by atoms with Crippen LogP contribution in [0, 0.1) is 5.92 Å². The maximum Gasteiger partial charge on any atom is 0.261 e. The standard InChI is InChI=1S/C21H30N4O3/c1-3-28-15-16-10-13-24(14-16)21(22-2)23-11-6-7-12-25-19(26)17-8-4-5-9-18(17)20(25)27/h4-5,8-9,16H,3,6-7,10-15H2,1-2H3,(H,22,23). The number of rotatable bonds is 8. The molecule has 1 saturated heterocycles. The molecule has 1 atom stereocenters. The van der Waals surface area contributed by atoms with E-state index in [0.717, 1.165) is 58.1 Å². The molecule has 0 saturated carbocycles. The summed E-state index contributed by atoms with van der Waals surface area (Å²) >= 11 is 0. The van der Waals surface area contributed by atoms with E-state index in [2.05, 4.69) is 15.2 Å². The number of nitrogens with one attached hydrogen (secondary N) is 1. The van der Waals surface area contributed by atoms with Crippen molar-refractivity contribution in [1.82, 2.24) is 15.1 Å². The fourth-order valence-electron chi connectivity index (χ4n) is 3.82. The van der Waals surface area contributed by atoms with Gasteiger partial charge in [-0.25, -0.2) is 0 Å². The molecular formula is C21H30N4O3. The summed E-state index contributed by atoms with van der Waals surface area (Å²) in [4.78, 5) is 32.7. The number of imide groups is 1. The lowest BCUT2D eigenvalue weighted by Crippen LogP contribution is -2.40. The van der Waals surface area contributed by atoms with E-state index in [1.165, 1.54) is 4.90 Å². The molecule has 0 radical (unpaired) electrons. The first kappa shape index (κ1) is 20.3. The Kier molecular flexibility index (Phi) is 7.03. The molecule has 2 aliphatic rings. The van der Waals surface area contributed by atoms with Gasteiger partial charge in [-0.05, 0) is 38.3 Å². The lowest BCUT2D eigenvalue weighted by atomic mass is 10.1. The van der Waals surface area contributed by atoms with E-state index in [9.17, 15) is 9.59 Å². The predicted octanol–water partition coefficient (Wildman–Crippen LogP) is 2.00. The van der Waals surface area contributed by atoms with Crippen LogP contribution in [0.5, 0.6) is 0 Å². The van der Waals surface area contributed by atoms with Crippen molar-refractivity contribution in [2.24, 2.45) is 10.9 Å². The number of nitrogens with zero attached hydrogens (tertiary/aromatic N) is 3. The topological polar surface area (TPSA) is 74.2 Å². The highest BCUT2D eigenvalue weighted by Gasteiger charge is 2.34. The van der Waals surface area contributed by atoms with Crippen LogP contribution in [-0.2, 0) is 4.74 Å². The van der Waals surface area contributed by atoms with Gasteiger partial charge in [-0.3, -0.25) is 19.5 Å². The van der Waals surface area contributed by atoms with Gasteiger partial charge in [0, 0.05) is 45.8 Å². The summed E-state index contributed by atoms with van der Waals surface area (Å²) in [6.45, 7) is 6.77. The molecule has 0 aromatic heterocycles. The summed E-state index contributed by atoms with van der Waals surface area (Å²) in [5.41, 5.74) is 1.03. The molecule has 1 unspecified atom stereocenters. The van der Waals surface area contributed by atoms with E-state index in [1.54, 1.807) is 31.3 Å². The second-order valence-electron chi connectivity index (χ2n) is 7.25. The van der Waals surface area contributed by atoms with Gasteiger partial charge >= 0.3 is 0 Å². The van der Waals surface area contributed by atoms with Crippen molar-refractivity contribution in [3.8, 4) is 0 Å². The summed E-state index contributed by atoms with van der Waals surface area (Å²) < 4.78 is 5.54. The Hall–Kier alpha value is -2.41. The zero-order chi connectivity index (χ0) is 19.9. The number of likely N-dealkylation sites (tertiary alicyclic amines) is 1. The fraction of sp³-hybridized carbons (Fsp3) is 0.571. The Bertz CT molecular complexity index is 699. The van der Waals surface area contributed by atoms with Crippen molar-refractivity contribution < 1.29 is 14.3 Å². The van der Waals surface area contributed by atoms with Gasteiger partial charge in [-0.1, -0.05) is 12.1 Å². The lowest BCUT2D eigenvalue weighted by Gasteiger charge is -2.22. The molecule has 1 aromatic rings. The molecule has 3 rings (SSSR count). The largest absolute Gasteiger partial charge is 0.381 e. The molecule has 2 heterocycles. The van der Waals surface area contributed by atoms with Crippen molar-refractivity contribution in [3.63, 3.8) is 0 Å². The van der Waals surface area contributed by atoms with E-state index in [-0.39, 0.29) is 11.8 Å². The number of fused-ring (bicyclic) bond motifs is 1. The number of aliphatic imine (C=N–C) groups is 1. The molecule has 1 N–H and O–H groups in total. The summed E-state index contributed by atoms with van der Waals surface area (Å²) in [7, 11) is 1.80. The van der Waals surface area contributed by atoms with Crippen molar-refractivity contribution in [2.75, 3.05) is 46.4 Å². The van der Waals surface area contributed by atoms with Crippen LogP contribution >= 0.6 is 0 Å². The van der Waals surface area contributed by atoms with Crippen LogP contribution < -0.4 is 5.32 Å². The first-order valence-electron chi connectivity index (χ1n) is 10.1. The number of hydrogen-bond acceptors (Lipinski definition) is 4. The van der Waals surface area contributed by atoms with Crippen molar-refractivity contribution in [3.05, 3.63) is 35.4 Å². The number of unbranched alkanes of at least 4 members (excludes halogenated alkanes) is 1. The van der Waals surface area contributed by atoms with Gasteiger partial charge in [-0.15, -0.1) is 0 Å². The normalized spacial score (nSPS) is 19.5. The SMILES string of the molecule is CCOCC1CCN(C(=NC)NCCCCN2C(=O)c3ccccc3C2=O)C1. The highest BCUT2D eigenvalue weighted by atomic mass is 16.5. The second-order valence-corrected chi connectivity index (χ2v) is 7.25. The third-order valence-electron chi connectivity index (χ3n) is 5.32. The molecule has 1 aromatic carbocycles. The molecule has 152 valence electrons. The Morgan fingerprint density at radius 1 is 1.21 bits per heavy atom. The number of amides is 2. The molecule has 2 amide bonds. The maximum atomic E-state index is 12.4. The number of ether oxygens (including phenoxy) is 1. The monoisotopic (exact) mass is 386 g/mol. The number of benzene rings is 1. The van der Waals surface area contributed by atoms with E-state index in [1.807, 2.05) is 6.92 Å². The van der Waals surface area contributed by atoms with Gasteiger partial charge in [0.1, 0.15) is 0 Å². The molecule has 0 spiro atoms. The number of hydrogen-bond donors (Lipinski definition) is 1. The van der Waals surface area contributed by atoms with Crippen LogP contribution in [0.1, 0.15) is 46.9 Å². The van der Waals surface area contributed by atoms with Crippen LogP contribution in [0.25, 0.3) is 0 Å². The summed E-state index contributed by atoms with van der Waals surface area (Å²) in [5, 5.41) is 3.40. The van der Waals surface area contributed by atoms with Gasteiger partial charge in [0.15, 0.2) is 5.96 Å². The van der Waals surface area contributed by atoms with E-state index in [4.69, 9.17) is 4.74 Å². The quantitative estimate of drug-likeness (QED) is 0.320. The Balaban J connectivity index is 1.38. The third kappa shape index (κ3) is 4.52. The van der Waals surface area contributed by atoms with E-state index >= 15 is 0 Å². The van der Waals surface area contributed by atoms with Gasteiger partial charge in [-0.2, -0.15) is 0 Å². The highest BCUT2D eigenvalue weighted by Crippen LogP contribution is 2.22. The van der Waals surface area contributed by atoms with Crippen molar-refractivity contribution in [2.45, 2.75) is 26.2 Å². The molecule has 1 fully saturated rings. The van der Waals surface area contributed by atoms with Crippen LogP contribution in [0.2, 0.25) is 0 Å². The Morgan fingerprint density at radius 3 is 2.57 bits per heavy atom. The zero-order valence-corrected chi connectivity index (χ0v) is 16.8. The lowest BCUT2D eigenvalue weighted by molar-refractivity contribution is 0.0652. The summed E-state index contributed by atoms with van der Waals surface area (Å²) in [6, 6.07) is 7.02. The summed E-state index contributed by atoms with van der Waals surface area (Å²) in [6.07, 6.45) is 2.76. The maximum absolute atomic E-state index is 12.4. The predicted molar refractivity (Wildman–Crippen MR) is 109 cm³/mol. The fourth-order valence-corrected chi connectivity index (χ4v) is 3.82.